The number of carbonyl (C=O) groups excluding carboxylic acids is 1. The number of carbonyl (C=O) groups is 1. The minimum atomic E-state index is -0.676. The van der Waals surface area contributed by atoms with Crippen LogP contribution in [-0.4, -0.2) is 43.1 Å². The van der Waals surface area contributed by atoms with Gasteiger partial charge >= 0.3 is 0 Å². The third-order valence-corrected chi connectivity index (χ3v) is 5.99. The van der Waals surface area contributed by atoms with Gasteiger partial charge in [0.25, 0.3) is 0 Å². The van der Waals surface area contributed by atoms with Crippen molar-refractivity contribution in [2.45, 2.75) is 62.9 Å². The fourth-order valence-corrected chi connectivity index (χ4v) is 4.29. The molecule has 26 heavy (non-hydrogen) atoms. The third kappa shape index (κ3) is 4.57. The first-order valence-corrected chi connectivity index (χ1v) is 10.1. The molecule has 0 radical (unpaired) electrons. The molecular weight excluding hydrogens is 326 g/mol. The second-order valence-electron chi connectivity index (χ2n) is 7.81. The first-order chi connectivity index (χ1) is 12.6. The van der Waals surface area contributed by atoms with Crippen LogP contribution >= 0.6 is 0 Å². The smallest absolute Gasteiger partial charge is 0.240 e. The fourth-order valence-electron chi connectivity index (χ4n) is 4.29. The Hall–Kier alpha value is -1.59. The molecule has 1 atom stereocenters. The van der Waals surface area contributed by atoms with Crippen molar-refractivity contribution in [3.05, 3.63) is 29.8 Å². The van der Waals surface area contributed by atoms with E-state index < -0.39 is 5.54 Å². The van der Waals surface area contributed by atoms with E-state index in [-0.39, 0.29) is 11.9 Å². The predicted molar refractivity (Wildman–Crippen MR) is 104 cm³/mol. The average Bonchev–Trinajstić information content (AvgIpc) is 2.70. The Morgan fingerprint density at radius 1 is 1.12 bits per heavy atom. The first-order valence-electron chi connectivity index (χ1n) is 10.1. The van der Waals surface area contributed by atoms with E-state index in [9.17, 15) is 4.79 Å². The number of nitrogens with zero attached hydrogens (tertiary/aromatic N) is 1. The second-order valence-corrected chi connectivity index (χ2v) is 7.81. The van der Waals surface area contributed by atoms with Gasteiger partial charge in [-0.05, 0) is 56.5 Å². The van der Waals surface area contributed by atoms with Gasteiger partial charge in [-0.15, -0.1) is 0 Å². The van der Waals surface area contributed by atoms with E-state index in [2.05, 4.69) is 22.3 Å². The van der Waals surface area contributed by atoms with Crippen molar-refractivity contribution in [1.82, 2.24) is 10.2 Å². The number of ether oxygens (including phenoxy) is 1. The van der Waals surface area contributed by atoms with Crippen molar-refractivity contribution in [3.8, 4) is 5.75 Å². The maximum absolute atomic E-state index is 12.8. The Morgan fingerprint density at radius 3 is 2.35 bits per heavy atom. The molecule has 1 heterocycles. The summed E-state index contributed by atoms with van der Waals surface area (Å²) in [5, 5.41) is 3.18. The highest BCUT2D eigenvalue weighted by Crippen LogP contribution is 2.28. The standard InChI is InChI=1S/C21H33N3O2/c1-26-18-10-8-17(9-11-18)19(24-14-6-3-7-15-24)16-23-20(25)21(22)12-4-2-5-13-21/h8-11,19H,2-7,12-16,22H2,1H3,(H,23,25). The zero-order valence-electron chi connectivity index (χ0n) is 16.0. The molecule has 0 aromatic heterocycles. The molecular formula is C21H33N3O2. The lowest BCUT2D eigenvalue weighted by molar-refractivity contribution is -0.127. The Bertz CT molecular complexity index is 575. The molecule has 2 fully saturated rings. The zero-order chi connectivity index (χ0) is 18.4. The number of likely N-dealkylation sites (tertiary alicyclic amines) is 1. The number of rotatable bonds is 6. The SMILES string of the molecule is COc1ccc(C(CNC(=O)C2(N)CCCCC2)N2CCCCC2)cc1. The van der Waals surface area contributed by atoms with Gasteiger partial charge in [0, 0.05) is 6.54 Å². The van der Waals surface area contributed by atoms with Crippen LogP contribution in [0.3, 0.4) is 0 Å². The van der Waals surface area contributed by atoms with Gasteiger partial charge in [-0.25, -0.2) is 0 Å². The number of hydrogen-bond acceptors (Lipinski definition) is 4. The predicted octanol–water partition coefficient (Wildman–Crippen LogP) is 3.00. The second kappa shape index (κ2) is 8.87. The summed E-state index contributed by atoms with van der Waals surface area (Å²) in [7, 11) is 1.68. The number of methoxy groups -OCH3 is 1. The van der Waals surface area contributed by atoms with Crippen molar-refractivity contribution in [2.75, 3.05) is 26.7 Å². The van der Waals surface area contributed by atoms with Gasteiger partial charge in [-0.3, -0.25) is 9.69 Å². The van der Waals surface area contributed by atoms with Crippen molar-refractivity contribution >= 4 is 5.91 Å². The van der Waals surface area contributed by atoms with Crippen LogP contribution in [0.25, 0.3) is 0 Å². The van der Waals surface area contributed by atoms with Gasteiger partial charge in [0.05, 0.1) is 18.7 Å². The zero-order valence-corrected chi connectivity index (χ0v) is 16.0. The Morgan fingerprint density at radius 2 is 1.73 bits per heavy atom. The summed E-state index contributed by atoms with van der Waals surface area (Å²) in [5.41, 5.74) is 6.95. The summed E-state index contributed by atoms with van der Waals surface area (Å²) in [6, 6.07) is 8.42. The van der Waals surface area contributed by atoms with Crippen LogP contribution in [0.2, 0.25) is 0 Å². The van der Waals surface area contributed by atoms with Crippen LogP contribution in [0.1, 0.15) is 63.0 Å². The molecule has 1 saturated carbocycles. The lowest BCUT2D eigenvalue weighted by Gasteiger charge is -2.37. The van der Waals surface area contributed by atoms with E-state index in [4.69, 9.17) is 10.5 Å². The molecule has 1 aromatic rings. The number of hydrogen-bond donors (Lipinski definition) is 2. The molecule has 1 aliphatic heterocycles. The molecule has 1 aromatic carbocycles. The van der Waals surface area contributed by atoms with Crippen molar-refractivity contribution in [2.24, 2.45) is 5.73 Å². The van der Waals surface area contributed by atoms with Crippen molar-refractivity contribution in [1.29, 1.82) is 0 Å². The third-order valence-electron chi connectivity index (χ3n) is 5.99. The Balaban J connectivity index is 1.69. The van der Waals surface area contributed by atoms with E-state index in [0.29, 0.717) is 6.54 Å². The van der Waals surface area contributed by atoms with Crippen LogP contribution < -0.4 is 15.8 Å². The summed E-state index contributed by atoms with van der Waals surface area (Å²) in [6.45, 7) is 2.78. The summed E-state index contributed by atoms with van der Waals surface area (Å²) in [6.07, 6.45) is 8.64. The van der Waals surface area contributed by atoms with Gasteiger partial charge in [-0.2, -0.15) is 0 Å². The van der Waals surface area contributed by atoms with E-state index in [1.165, 1.54) is 31.2 Å². The maximum Gasteiger partial charge on any atom is 0.240 e. The lowest BCUT2D eigenvalue weighted by Crippen LogP contribution is -2.56. The van der Waals surface area contributed by atoms with Crippen LogP contribution in [0.4, 0.5) is 0 Å². The number of nitrogens with one attached hydrogen (secondary N) is 1. The molecule has 1 unspecified atom stereocenters. The Labute approximate surface area is 157 Å². The number of amides is 1. The van der Waals surface area contributed by atoms with Crippen molar-refractivity contribution in [3.63, 3.8) is 0 Å². The topological polar surface area (TPSA) is 67.6 Å². The van der Waals surface area contributed by atoms with Crippen molar-refractivity contribution < 1.29 is 9.53 Å². The summed E-state index contributed by atoms with van der Waals surface area (Å²) in [4.78, 5) is 15.3. The van der Waals surface area contributed by atoms with E-state index in [1.807, 2.05) is 12.1 Å². The monoisotopic (exact) mass is 359 g/mol. The average molecular weight is 360 g/mol. The molecule has 0 spiro atoms. The molecule has 1 aliphatic carbocycles. The van der Waals surface area contributed by atoms with Gasteiger partial charge in [0.15, 0.2) is 0 Å². The number of benzene rings is 1. The molecule has 0 bridgehead atoms. The Kier molecular flexibility index (Phi) is 6.54. The largest absolute Gasteiger partial charge is 0.497 e. The van der Waals surface area contributed by atoms with E-state index in [1.54, 1.807) is 7.11 Å². The molecule has 5 heteroatoms. The number of piperidine rings is 1. The van der Waals surface area contributed by atoms with E-state index in [0.717, 1.165) is 44.5 Å². The summed E-state index contributed by atoms with van der Waals surface area (Å²) < 4.78 is 5.29. The number of nitrogens with two attached hydrogens (primary N) is 1. The van der Waals surface area contributed by atoms with Gasteiger partial charge in [0.1, 0.15) is 5.75 Å². The van der Waals surface area contributed by atoms with Gasteiger partial charge in [0.2, 0.25) is 5.91 Å². The normalized spacial score (nSPS) is 21.8. The maximum atomic E-state index is 12.8. The van der Waals surface area contributed by atoms with Gasteiger partial charge < -0.3 is 15.8 Å². The highest BCUT2D eigenvalue weighted by atomic mass is 16.5. The van der Waals surface area contributed by atoms with E-state index >= 15 is 0 Å². The van der Waals surface area contributed by atoms with Crippen LogP contribution in [0.5, 0.6) is 5.75 Å². The summed E-state index contributed by atoms with van der Waals surface area (Å²) in [5.74, 6) is 0.881. The molecule has 5 nitrogen and oxygen atoms in total. The minimum absolute atomic E-state index is 0.0210. The van der Waals surface area contributed by atoms with Gasteiger partial charge in [-0.1, -0.05) is 37.8 Å². The van der Waals surface area contributed by atoms with Crippen LogP contribution in [0.15, 0.2) is 24.3 Å². The molecule has 3 rings (SSSR count). The molecule has 1 saturated heterocycles. The highest BCUT2D eigenvalue weighted by Gasteiger charge is 2.35. The van der Waals surface area contributed by atoms with Crippen LogP contribution in [0, 0.1) is 0 Å². The summed E-state index contributed by atoms with van der Waals surface area (Å²) >= 11 is 0. The lowest BCUT2D eigenvalue weighted by atomic mass is 9.82. The molecule has 144 valence electrons. The fraction of sp³-hybridized carbons (Fsp3) is 0.667. The molecule has 1 amide bonds. The van der Waals surface area contributed by atoms with Crippen LogP contribution in [-0.2, 0) is 4.79 Å². The minimum Gasteiger partial charge on any atom is -0.497 e. The highest BCUT2D eigenvalue weighted by molar-refractivity contribution is 5.86. The molecule has 2 aliphatic rings. The molecule has 3 N–H and O–H groups in total. The first kappa shape index (κ1) is 19.2. The quantitative estimate of drug-likeness (QED) is 0.819.